The second-order valence-corrected chi connectivity index (χ2v) is 9.30. The fourth-order valence-corrected chi connectivity index (χ4v) is 4.82. The Morgan fingerprint density at radius 3 is 1.67 bits per heavy atom. The van der Waals surface area contributed by atoms with Gasteiger partial charge in [0.1, 0.15) is 0 Å². The molecule has 0 radical (unpaired) electrons. The molecule has 0 saturated heterocycles. The lowest BCUT2D eigenvalue weighted by Crippen LogP contribution is -2.13. The zero-order chi connectivity index (χ0) is 17.2. The fourth-order valence-electron chi connectivity index (χ4n) is 2.86. The van der Waals surface area contributed by atoms with Gasteiger partial charge in [0.15, 0.2) is 0 Å². The molecule has 0 spiro atoms. The van der Waals surface area contributed by atoms with Crippen LogP contribution in [0.3, 0.4) is 0 Å². The van der Waals surface area contributed by atoms with E-state index < -0.39 is 0 Å². The van der Waals surface area contributed by atoms with Crippen molar-refractivity contribution < 1.29 is 0 Å². The SMILES string of the molecule is CC(C)(C)c1cc2c(C#N)c(c1)CSCc1ccc(cc1)CSC2. The Labute approximate surface area is 153 Å². The van der Waals surface area contributed by atoms with Crippen molar-refractivity contribution in [2.24, 2.45) is 0 Å². The lowest BCUT2D eigenvalue weighted by atomic mass is 9.84. The molecule has 0 fully saturated rings. The molecule has 24 heavy (non-hydrogen) atoms. The first-order valence-electron chi connectivity index (χ1n) is 8.27. The van der Waals surface area contributed by atoms with Crippen LogP contribution in [-0.4, -0.2) is 0 Å². The Kier molecular flexibility index (Phi) is 5.27. The summed E-state index contributed by atoms with van der Waals surface area (Å²) in [6.07, 6.45) is 0. The lowest BCUT2D eigenvalue weighted by molar-refractivity contribution is 0.589. The van der Waals surface area contributed by atoms with Gasteiger partial charge in [-0.3, -0.25) is 0 Å². The minimum atomic E-state index is 0.104. The smallest absolute Gasteiger partial charge is 0.0998 e. The number of nitrogens with zero attached hydrogens (tertiary/aromatic N) is 1. The molecule has 0 N–H and O–H groups in total. The van der Waals surface area contributed by atoms with Gasteiger partial charge in [-0.25, -0.2) is 0 Å². The van der Waals surface area contributed by atoms with Gasteiger partial charge in [-0.1, -0.05) is 57.2 Å². The second-order valence-electron chi connectivity index (χ2n) is 7.33. The minimum Gasteiger partial charge on any atom is -0.192 e. The zero-order valence-corrected chi connectivity index (χ0v) is 16.2. The first-order chi connectivity index (χ1) is 11.5. The maximum absolute atomic E-state index is 9.73. The monoisotopic (exact) mass is 353 g/mol. The quantitative estimate of drug-likeness (QED) is 0.577. The van der Waals surface area contributed by atoms with Crippen LogP contribution >= 0.6 is 23.5 Å². The average molecular weight is 354 g/mol. The van der Waals surface area contributed by atoms with Crippen LogP contribution in [0.1, 0.15) is 54.2 Å². The number of hydrogen-bond acceptors (Lipinski definition) is 3. The Morgan fingerprint density at radius 1 is 0.833 bits per heavy atom. The third-order valence-electron chi connectivity index (χ3n) is 4.36. The average Bonchev–Trinajstić information content (AvgIpc) is 2.55. The maximum Gasteiger partial charge on any atom is 0.0998 e. The summed E-state index contributed by atoms with van der Waals surface area (Å²) in [5, 5.41) is 9.73. The second kappa shape index (κ2) is 7.25. The van der Waals surface area contributed by atoms with Crippen molar-refractivity contribution in [1.29, 1.82) is 5.26 Å². The number of nitriles is 1. The van der Waals surface area contributed by atoms with Gasteiger partial charge < -0.3 is 0 Å². The van der Waals surface area contributed by atoms with Crippen LogP contribution in [0.5, 0.6) is 0 Å². The van der Waals surface area contributed by atoms with E-state index in [4.69, 9.17) is 0 Å². The van der Waals surface area contributed by atoms with Crippen molar-refractivity contribution in [3.8, 4) is 6.07 Å². The van der Waals surface area contributed by atoms with Crippen molar-refractivity contribution in [1.82, 2.24) is 0 Å². The molecule has 2 aliphatic heterocycles. The van der Waals surface area contributed by atoms with Crippen molar-refractivity contribution in [2.75, 3.05) is 0 Å². The highest BCUT2D eigenvalue weighted by molar-refractivity contribution is 7.98. The van der Waals surface area contributed by atoms with Crippen LogP contribution in [0.4, 0.5) is 0 Å². The highest BCUT2D eigenvalue weighted by atomic mass is 32.2. The van der Waals surface area contributed by atoms with Crippen molar-refractivity contribution >= 4 is 23.5 Å². The van der Waals surface area contributed by atoms with Crippen LogP contribution in [-0.2, 0) is 28.4 Å². The summed E-state index contributed by atoms with van der Waals surface area (Å²) in [6, 6.07) is 15.9. The van der Waals surface area contributed by atoms with Gasteiger partial charge in [-0.2, -0.15) is 28.8 Å². The van der Waals surface area contributed by atoms with E-state index in [0.29, 0.717) is 0 Å². The molecule has 0 aliphatic carbocycles. The van der Waals surface area contributed by atoms with E-state index in [1.807, 2.05) is 23.5 Å². The van der Waals surface area contributed by atoms with Gasteiger partial charge in [0, 0.05) is 23.0 Å². The minimum absolute atomic E-state index is 0.104. The van der Waals surface area contributed by atoms with Crippen LogP contribution in [0, 0.1) is 11.3 Å². The van der Waals surface area contributed by atoms with Crippen molar-refractivity contribution in [3.63, 3.8) is 0 Å². The van der Waals surface area contributed by atoms with Gasteiger partial charge in [0.25, 0.3) is 0 Å². The molecule has 0 atom stereocenters. The standard InChI is InChI=1S/C21H23NS2/c1-21(2,3)19-8-17-13-23-11-15-4-5-16(7-6-15)12-24-14-18(9-19)20(17)10-22/h4-9H,11-14H2,1-3H3. The van der Waals surface area contributed by atoms with E-state index in [2.05, 4.69) is 63.2 Å². The van der Waals surface area contributed by atoms with Gasteiger partial charge in [0.2, 0.25) is 0 Å². The number of rotatable bonds is 0. The fraction of sp³-hybridized carbons (Fsp3) is 0.381. The summed E-state index contributed by atoms with van der Waals surface area (Å²) in [7, 11) is 0. The first-order valence-corrected chi connectivity index (χ1v) is 10.6. The van der Waals surface area contributed by atoms with Gasteiger partial charge in [-0.15, -0.1) is 0 Å². The maximum atomic E-state index is 9.73. The van der Waals surface area contributed by atoms with Crippen LogP contribution < -0.4 is 0 Å². The molecule has 2 aromatic rings. The molecule has 0 amide bonds. The molecule has 2 aliphatic rings. The summed E-state index contributed by atoms with van der Waals surface area (Å²) < 4.78 is 0. The first kappa shape index (κ1) is 17.5. The van der Waals surface area contributed by atoms with Gasteiger partial charge in [-0.05, 0) is 33.2 Å². The lowest BCUT2D eigenvalue weighted by Gasteiger charge is -2.22. The number of benzene rings is 2. The molecule has 4 rings (SSSR count). The van der Waals surface area contributed by atoms with Gasteiger partial charge in [0.05, 0.1) is 11.6 Å². The Hall–Kier alpha value is -1.37. The molecule has 2 heterocycles. The molecule has 2 aromatic carbocycles. The molecule has 3 heteroatoms. The summed E-state index contributed by atoms with van der Waals surface area (Å²) in [5.41, 5.74) is 7.44. The summed E-state index contributed by atoms with van der Waals surface area (Å²) in [6.45, 7) is 6.74. The molecule has 0 aromatic heterocycles. The molecule has 1 nitrogen and oxygen atoms in total. The molecular formula is C21H23NS2. The number of fused-ring (bicyclic) bond motifs is 6. The summed E-state index contributed by atoms with van der Waals surface area (Å²) in [5.74, 6) is 3.78. The highest BCUT2D eigenvalue weighted by Gasteiger charge is 2.19. The van der Waals surface area contributed by atoms with Crippen LogP contribution in [0.2, 0.25) is 0 Å². The molecular weight excluding hydrogens is 330 g/mol. The van der Waals surface area contributed by atoms with Gasteiger partial charge >= 0.3 is 0 Å². The summed E-state index contributed by atoms with van der Waals surface area (Å²) >= 11 is 3.79. The molecule has 0 saturated carbocycles. The van der Waals surface area contributed by atoms with E-state index in [1.165, 1.54) is 27.8 Å². The van der Waals surface area contributed by atoms with E-state index in [-0.39, 0.29) is 5.41 Å². The molecule has 4 bridgehead atoms. The number of thioether (sulfide) groups is 2. The molecule has 0 unspecified atom stereocenters. The van der Waals surface area contributed by atoms with Crippen LogP contribution in [0.25, 0.3) is 0 Å². The third-order valence-corrected chi connectivity index (χ3v) is 6.46. The van der Waals surface area contributed by atoms with Crippen LogP contribution in [0.15, 0.2) is 36.4 Å². The predicted molar refractivity (Wildman–Crippen MR) is 106 cm³/mol. The third kappa shape index (κ3) is 3.99. The summed E-state index contributed by atoms with van der Waals surface area (Å²) in [4.78, 5) is 0. The van der Waals surface area contributed by atoms with E-state index >= 15 is 0 Å². The zero-order valence-electron chi connectivity index (χ0n) is 14.6. The van der Waals surface area contributed by atoms with Crippen molar-refractivity contribution in [3.05, 3.63) is 69.8 Å². The Morgan fingerprint density at radius 2 is 1.29 bits per heavy atom. The Bertz CT molecular complexity index is 714. The largest absolute Gasteiger partial charge is 0.192 e. The van der Waals surface area contributed by atoms with Crippen molar-refractivity contribution in [2.45, 2.75) is 49.2 Å². The normalized spacial score (nSPS) is 15.1. The Balaban J connectivity index is 2.02. The predicted octanol–water partition coefficient (Wildman–Crippen LogP) is 6.04. The van der Waals surface area contributed by atoms with E-state index in [9.17, 15) is 5.26 Å². The van der Waals surface area contributed by atoms with E-state index in [0.717, 1.165) is 28.6 Å². The van der Waals surface area contributed by atoms with E-state index in [1.54, 1.807) is 0 Å². The number of hydrogen-bond donors (Lipinski definition) is 0. The molecule has 124 valence electrons. The topological polar surface area (TPSA) is 23.8 Å². The highest BCUT2D eigenvalue weighted by Crippen LogP contribution is 2.32.